The normalized spacial score (nSPS) is 10.6. The molecule has 0 aliphatic heterocycles. The number of hydrogen-bond donors (Lipinski definition) is 0. The van der Waals surface area contributed by atoms with Gasteiger partial charge in [0.1, 0.15) is 12.0 Å². The molecule has 0 aliphatic rings. The Bertz CT molecular complexity index is 355. The monoisotopic (exact) mass is 204 g/mol. The molecule has 0 saturated carbocycles. The predicted octanol–water partition coefficient (Wildman–Crippen LogP) is 2.91. The van der Waals surface area contributed by atoms with E-state index in [1.807, 2.05) is 38.1 Å². The molecule has 0 unspecified atom stereocenters. The highest BCUT2D eigenvalue weighted by atomic mass is 16.5. The van der Waals surface area contributed by atoms with E-state index < -0.39 is 0 Å². The van der Waals surface area contributed by atoms with Crippen LogP contribution in [-0.4, -0.2) is 13.4 Å². The van der Waals surface area contributed by atoms with Crippen LogP contribution in [0.4, 0.5) is 0 Å². The van der Waals surface area contributed by atoms with Gasteiger partial charge >= 0.3 is 0 Å². The molecular weight excluding hydrogens is 188 g/mol. The molecule has 0 radical (unpaired) electrons. The third kappa shape index (κ3) is 2.94. The highest BCUT2D eigenvalue weighted by molar-refractivity contribution is 5.60. The van der Waals surface area contributed by atoms with Gasteiger partial charge in [0.25, 0.3) is 0 Å². The fourth-order valence-electron chi connectivity index (χ4n) is 1.66. The molecule has 1 rings (SSSR count). The average molecular weight is 204 g/mol. The van der Waals surface area contributed by atoms with Crippen molar-refractivity contribution in [3.63, 3.8) is 0 Å². The van der Waals surface area contributed by atoms with Gasteiger partial charge in [-0.1, -0.05) is 12.2 Å². The molecule has 0 fully saturated rings. The largest absolute Gasteiger partial charge is 0.496 e. The van der Waals surface area contributed by atoms with Crippen molar-refractivity contribution >= 4 is 12.4 Å². The van der Waals surface area contributed by atoms with Gasteiger partial charge in [-0.15, -0.1) is 0 Å². The zero-order valence-corrected chi connectivity index (χ0v) is 9.41. The van der Waals surface area contributed by atoms with Crippen LogP contribution in [0.3, 0.4) is 0 Å². The first-order valence-electron chi connectivity index (χ1n) is 4.94. The van der Waals surface area contributed by atoms with Crippen LogP contribution in [0.2, 0.25) is 0 Å². The van der Waals surface area contributed by atoms with Crippen molar-refractivity contribution in [3.8, 4) is 5.75 Å². The van der Waals surface area contributed by atoms with Crippen LogP contribution >= 0.6 is 0 Å². The van der Waals surface area contributed by atoms with Gasteiger partial charge in [0.15, 0.2) is 0 Å². The van der Waals surface area contributed by atoms with E-state index in [-0.39, 0.29) is 0 Å². The minimum Gasteiger partial charge on any atom is -0.496 e. The number of ether oxygens (including phenoxy) is 1. The lowest BCUT2D eigenvalue weighted by Crippen LogP contribution is -1.91. The van der Waals surface area contributed by atoms with E-state index in [1.165, 1.54) is 0 Å². The summed E-state index contributed by atoms with van der Waals surface area (Å²) in [6.07, 6.45) is 5.16. The summed E-state index contributed by atoms with van der Waals surface area (Å²) in [5.74, 6) is 0.933. The second kappa shape index (κ2) is 5.35. The lowest BCUT2D eigenvalue weighted by Gasteiger charge is -2.09. The highest BCUT2D eigenvalue weighted by Gasteiger charge is 2.02. The molecule has 2 nitrogen and oxygen atoms in total. The summed E-state index contributed by atoms with van der Waals surface area (Å²) in [6.45, 7) is 4.03. The molecule has 2 heteroatoms. The van der Waals surface area contributed by atoms with E-state index in [9.17, 15) is 4.79 Å². The summed E-state index contributed by atoms with van der Waals surface area (Å²) in [4.78, 5) is 10.2. The van der Waals surface area contributed by atoms with Gasteiger partial charge in [-0.3, -0.25) is 0 Å². The van der Waals surface area contributed by atoms with Crippen molar-refractivity contribution in [3.05, 3.63) is 34.9 Å². The Morgan fingerprint density at radius 1 is 1.27 bits per heavy atom. The summed E-state index contributed by atoms with van der Waals surface area (Å²) in [7, 11) is 1.68. The maximum atomic E-state index is 10.2. The van der Waals surface area contributed by atoms with Gasteiger partial charge in [-0.2, -0.15) is 0 Å². The first-order valence-corrected chi connectivity index (χ1v) is 4.94. The number of benzene rings is 1. The molecule has 0 atom stereocenters. The fraction of sp³-hybridized carbons (Fsp3) is 0.308. The van der Waals surface area contributed by atoms with E-state index in [2.05, 4.69) is 0 Å². The standard InChI is InChI=1S/C13H16O2/c1-10-8-12(6-4-5-7-14)9-11(2)13(10)15-3/h4,6-9H,5H2,1-3H3. The van der Waals surface area contributed by atoms with E-state index in [1.54, 1.807) is 7.11 Å². The molecule has 0 amide bonds. The van der Waals surface area contributed by atoms with Gasteiger partial charge in [-0.05, 0) is 42.7 Å². The molecule has 0 aliphatic carbocycles. The Balaban J connectivity index is 2.98. The number of aldehydes is 1. The molecule has 0 heterocycles. The molecule has 80 valence electrons. The Morgan fingerprint density at radius 3 is 2.33 bits per heavy atom. The molecule has 0 aromatic heterocycles. The van der Waals surface area contributed by atoms with Crippen LogP contribution in [0.25, 0.3) is 6.08 Å². The topological polar surface area (TPSA) is 26.3 Å². The molecule has 0 spiro atoms. The maximum absolute atomic E-state index is 10.2. The van der Waals surface area contributed by atoms with Gasteiger partial charge < -0.3 is 9.53 Å². The summed E-state index contributed by atoms with van der Waals surface area (Å²) < 4.78 is 5.28. The molecule has 0 saturated heterocycles. The summed E-state index contributed by atoms with van der Waals surface area (Å²) in [5, 5.41) is 0. The van der Waals surface area contributed by atoms with Gasteiger partial charge in [0, 0.05) is 6.42 Å². The van der Waals surface area contributed by atoms with Crippen molar-refractivity contribution in [2.24, 2.45) is 0 Å². The number of aryl methyl sites for hydroxylation is 2. The number of rotatable bonds is 4. The first-order chi connectivity index (χ1) is 7.19. The second-order valence-electron chi connectivity index (χ2n) is 3.49. The minimum absolute atomic E-state index is 0.462. The molecule has 15 heavy (non-hydrogen) atoms. The van der Waals surface area contributed by atoms with Gasteiger partial charge in [0.05, 0.1) is 7.11 Å². The van der Waals surface area contributed by atoms with Crippen molar-refractivity contribution in [1.82, 2.24) is 0 Å². The van der Waals surface area contributed by atoms with Crippen LogP contribution in [0.15, 0.2) is 18.2 Å². The lowest BCUT2D eigenvalue weighted by atomic mass is 10.1. The van der Waals surface area contributed by atoms with Crippen molar-refractivity contribution in [2.75, 3.05) is 7.11 Å². The third-order valence-electron chi connectivity index (χ3n) is 2.23. The summed E-state index contributed by atoms with van der Waals surface area (Å²) in [5.41, 5.74) is 3.33. The Kier molecular flexibility index (Phi) is 4.10. The molecule has 1 aromatic carbocycles. The average Bonchev–Trinajstić information content (AvgIpc) is 2.18. The third-order valence-corrected chi connectivity index (χ3v) is 2.23. The van der Waals surface area contributed by atoms with Crippen LogP contribution in [0.1, 0.15) is 23.1 Å². The number of carbonyl (C=O) groups is 1. The molecule has 1 aromatic rings. The second-order valence-corrected chi connectivity index (χ2v) is 3.49. The number of methoxy groups -OCH3 is 1. The van der Waals surface area contributed by atoms with Crippen LogP contribution in [0, 0.1) is 13.8 Å². The summed E-state index contributed by atoms with van der Waals surface area (Å²) in [6, 6.07) is 4.10. The van der Waals surface area contributed by atoms with Gasteiger partial charge in [0.2, 0.25) is 0 Å². The Morgan fingerprint density at radius 2 is 1.87 bits per heavy atom. The van der Waals surface area contributed by atoms with Crippen molar-refractivity contribution in [2.45, 2.75) is 20.3 Å². The number of allylic oxidation sites excluding steroid dienone is 1. The number of hydrogen-bond acceptors (Lipinski definition) is 2. The van der Waals surface area contributed by atoms with E-state index >= 15 is 0 Å². The van der Waals surface area contributed by atoms with E-state index in [0.29, 0.717) is 6.42 Å². The number of carbonyl (C=O) groups excluding carboxylic acids is 1. The lowest BCUT2D eigenvalue weighted by molar-refractivity contribution is -0.107. The zero-order valence-electron chi connectivity index (χ0n) is 9.41. The van der Waals surface area contributed by atoms with Gasteiger partial charge in [-0.25, -0.2) is 0 Å². The SMILES string of the molecule is COc1c(C)cc(C=CCC=O)cc1C. The maximum Gasteiger partial charge on any atom is 0.124 e. The predicted molar refractivity (Wildman–Crippen MR) is 62.2 cm³/mol. The van der Waals surface area contributed by atoms with Crippen LogP contribution in [0.5, 0.6) is 5.75 Å². The Hall–Kier alpha value is -1.57. The fourth-order valence-corrected chi connectivity index (χ4v) is 1.66. The zero-order chi connectivity index (χ0) is 11.3. The quantitative estimate of drug-likeness (QED) is 0.705. The smallest absolute Gasteiger partial charge is 0.124 e. The molecular formula is C13H16O2. The Labute approximate surface area is 90.6 Å². The molecule has 0 N–H and O–H groups in total. The first kappa shape index (κ1) is 11.5. The molecule has 0 bridgehead atoms. The van der Waals surface area contributed by atoms with E-state index in [0.717, 1.165) is 28.7 Å². The van der Waals surface area contributed by atoms with Crippen molar-refractivity contribution < 1.29 is 9.53 Å². The summed E-state index contributed by atoms with van der Waals surface area (Å²) >= 11 is 0. The van der Waals surface area contributed by atoms with Crippen molar-refractivity contribution in [1.29, 1.82) is 0 Å². The van der Waals surface area contributed by atoms with E-state index in [4.69, 9.17) is 4.74 Å². The van der Waals surface area contributed by atoms with Crippen LogP contribution in [-0.2, 0) is 4.79 Å². The van der Waals surface area contributed by atoms with Crippen LogP contribution < -0.4 is 4.74 Å². The highest BCUT2D eigenvalue weighted by Crippen LogP contribution is 2.24. The minimum atomic E-state index is 0.462.